The van der Waals surface area contributed by atoms with E-state index in [1.165, 1.54) is 6.42 Å². The summed E-state index contributed by atoms with van der Waals surface area (Å²) in [6.07, 6.45) is 2.36. The molecule has 4 nitrogen and oxygen atoms in total. The van der Waals surface area contributed by atoms with Gasteiger partial charge in [0.2, 0.25) is 0 Å². The van der Waals surface area contributed by atoms with E-state index in [-0.39, 0.29) is 24.0 Å². The number of aliphatic imine (C=N–C) groups is 1. The summed E-state index contributed by atoms with van der Waals surface area (Å²) < 4.78 is 5.34. The SMILES string of the molecule is CCOCCCNC(=NC)N1CC(C)CC(C)C1.I. The van der Waals surface area contributed by atoms with Gasteiger partial charge in [0.05, 0.1) is 0 Å². The molecule has 19 heavy (non-hydrogen) atoms. The van der Waals surface area contributed by atoms with Gasteiger partial charge in [-0.2, -0.15) is 0 Å². The van der Waals surface area contributed by atoms with Crippen molar-refractivity contribution in [2.45, 2.75) is 33.6 Å². The molecule has 0 amide bonds. The minimum absolute atomic E-state index is 0. The van der Waals surface area contributed by atoms with Crippen LogP contribution in [0.1, 0.15) is 33.6 Å². The number of nitrogens with zero attached hydrogens (tertiary/aromatic N) is 2. The van der Waals surface area contributed by atoms with Crippen LogP contribution in [0.4, 0.5) is 0 Å². The van der Waals surface area contributed by atoms with E-state index in [1.54, 1.807) is 0 Å². The van der Waals surface area contributed by atoms with Crippen LogP contribution in [0.2, 0.25) is 0 Å². The second-order valence-electron chi connectivity index (χ2n) is 5.38. The van der Waals surface area contributed by atoms with E-state index in [4.69, 9.17) is 4.74 Å². The van der Waals surface area contributed by atoms with Gasteiger partial charge in [0.15, 0.2) is 5.96 Å². The fourth-order valence-electron chi connectivity index (χ4n) is 2.69. The molecule has 0 saturated carbocycles. The van der Waals surface area contributed by atoms with E-state index >= 15 is 0 Å². The molecule has 0 radical (unpaired) electrons. The lowest BCUT2D eigenvalue weighted by Gasteiger charge is -2.37. The second-order valence-corrected chi connectivity index (χ2v) is 5.38. The van der Waals surface area contributed by atoms with E-state index in [9.17, 15) is 0 Å². The van der Waals surface area contributed by atoms with Crippen molar-refractivity contribution >= 4 is 29.9 Å². The second kappa shape index (κ2) is 10.7. The molecular formula is C14H30IN3O. The summed E-state index contributed by atoms with van der Waals surface area (Å²) in [7, 11) is 1.87. The highest BCUT2D eigenvalue weighted by Crippen LogP contribution is 2.20. The summed E-state index contributed by atoms with van der Waals surface area (Å²) >= 11 is 0. The number of hydrogen-bond acceptors (Lipinski definition) is 2. The highest BCUT2D eigenvalue weighted by atomic mass is 127. The molecule has 0 bridgehead atoms. The average Bonchev–Trinajstić information content (AvgIpc) is 2.32. The molecule has 2 unspecified atom stereocenters. The molecule has 1 saturated heterocycles. The third-order valence-electron chi connectivity index (χ3n) is 3.33. The number of guanidine groups is 1. The molecule has 0 spiro atoms. The molecule has 2 atom stereocenters. The van der Waals surface area contributed by atoms with Crippen LogP contribution in [0.3, 0.4) is 0 Å². The van der Waals surface area contributed by atoms with Gasteiger partial charge in [0.1, 0.15) is 0 Å². The van der Waals surface area contributed by atoms with E-state index in [0.717, 1.165) is 57.1 Å². The first kappa shape index (κ1) is 19.0. The summed E-state index contributed by atoms with van der Waals surface area (Å²) in [6, 6.07) is 0. The zero-order valence-corrected chi connectivity index (χ0v) is 15.1. The fraction of sp³-hybridized carbons (Fsp3) is 0.929. The Morgan fingerprint density at radius 2 is 1.95 bits per heavy atom. The van der Waals surface area contributed by atoms with Gasteiger partial charge in [-0.25, -0.2) is 0 Å². The number of hydrogen-bond donors (Lipinski definition) is 1. The van der Waals surface area contributed by atoms with Crippen molar-refractivity contribution in [3.63, 3.8) is 0 Å². The Morgan fingerprint density at radius 1 is 1.32 bits per heavy atom. The van der Waals surface area contributed by atoms with Gasteiger partial charge < -0.3 is 15.0 Å². The van der Waals surface area contributed by atoms with Crippen LogP contribution in [-0.4, -0.2) is 50.8 Å². The number of halogens is 1. The van der Waals surface area contributed by atoms with E-state index < -0.39 is 0 Å². The molecule has 114 valence electrons. The first-order chi connectivity index (χ1) is 8.67. The number of rotatable bonds is 5. The van der Waals surface area contributed by atoms with Crippen LogP contribution >= 0.6 is 24.0 Å². The zero-order valence-electron chi connectivity index (χ0n) is 12.8. The van der Waals surface area contributed by atoms with Gasteiger partial charge in [-0.15, -0.1) is 24.0 Å². The van der Waals surface area contributed by atoms with Crippen molar-refractivity contribution in [2.24, 2.45) is 16.8 Å². The molecule has 5 heteroatoms. The fourth-order valence-corrected chi connectivity index (χ4v) is 2.69. The number of nitrogens with one attached hydrogen (secondary N) is 1. The van der Waals surface area contributed by atoms with Gasteiger partial charge in [-0.3, -0.25) is 4.99 Å². The summed E-state index contributed by atoms with van der Waals surface area (Å²) in [5.74, 6) is 2.57. The largest absolute Gasteiger partial charge is 0.382 e. The maximum atomic E-state index is 5.34. The lowest BCUT2D eigenvalue weighted by molar-refractivity contribution is 0.145. The minimum atomic E-state index is 0. The molecule has 1 aliphatic rings. The Balaban J connectivity index is 0.00000324. The van der Waals surface area contributed by atoms with Gasteiger partial charge in [-0.1, -0.05) is 13.8 Å². The van der Waals surface area contributed by atoms with Crippen molar-refractivity contribution in [2.75, 3.05) is 39.9 Å². The predicted molar refractivity (Wildman–Crippen MR) is 92.4 cm³/mol. The lowest BCUT2D eigenvalue weighted by atomic mass is 9.92. The zero-order chi connectivity index (χ0) is 13.4. The molecule has 1 heterocycles. The molecule has 0 aromatic heterocycles. The number of piperidine rings is 1. The van der Waals surface area contributed by atoms with Crippen LogP contribution in [-0.2, 0) is 4.74 Å². The third kappa shape index (κ3) is 7.34. The van der Waals surface area contributed by atoms with Crippen molar-refractivity contribution in [1.82, 2.24) is 10.2 Å². The smallest absolute Gasteiger partial charge is 0.193 e. The molecule has 1 N–H and O–H groups in total. The van der Waals surface area contributed by atoms with Crippen LogP contribution in [0.15, 0.2) is 4.99 Å². The van der Waals surface area contributed by atoms with E-state index in [1.807, 2.05) is 14.0 Å². The number of likely N-dealkylation sites (tertiary alicyclic amines) is 1. The van der Waals surface area contributed by atoms with Crippen molar-refractivity contribution in [1.29, 1.82) is 0 Å². The first-order valence-electron chi connectivity index (χ1n) is 7.20. The van der Waals surface area contributed by atoms with Gasteiger partial charge in [0.25, 0.3) is 0 Å². The maximum absolute atomic E-state index is 5.34. The van der Waals surface area contributed by atoms with Gasteiger partial charge in [0, 0.05) is 39.9 Å². The molecule has 1 fully saturated rings. The normalized spacial score (nSPS) is 24.0. The summed E-state index contributed by atoms with van der Waals surface area (Å²) in [6.45, 7) is 11.5. The predicted octanol–water partition coefficient (Wildman–Crippen LogP) is 2.58. The van der Waals surface area contributed by atoms with E-state index in [2.05, 4.69) is 29.1 Å². The molecule has 0 aromatic rings. The molecular weight excluding hydrogens is 353 g/mol. The van der Waals surface area contributed by atoms with Gasteiger partial charge >= 0.3 is 0 Å². The standard InChI is InChI=1S/C14H29N3O.HI/c1-5-18-8-6-7-16-14(15-4)17-10-12(2)9-13(3)11-17;/h12-13H,5-11H2,1-4H3,(H,15,16);1H. The monoisotopic (exact) mass is 383 g/mol. The first-order valence-corrected chi connectivity index (χ1v) is 7.20. The highest BCUT2D eigenvalue weighted by molar-refractivity contribution is 14.0. The quantitative estimate of drug-likeness (QED) is 0.343. The lowest BCUT2D eigenvalue weighted by Crippen LogP contribution is -2.48. The Labute approximate surface area is 135 Å². The highest BCUT2D eigenvalue weighted by Gasteiger charge is 2.23. The molecule has 1 rings (SSSR count). The minimum Gasteiger partial charge on any atom is -0.382 e. The Bertz CT molecular complexity index is 251. The molecule has 1 aliphatic heterocycles. The summed E-state index contributed by atoms with van der Waals surface area (Å²) in [4.78, 5) is 6.78. The Morgan fingerprint density at radius 3 is 2.47 bits per heavy atom. The molecule has 0 aromatic carbocycles. The van der Waals surface area contributed by atoms with Gasteiger partial charge in [-0.05, 0) is 31.6 Å². The third-order valence-corrected chi connectivity index (χ3v) is 3.33. The van der Waals surface area contributed by atoms with Crippen molar-refractivity contribution in [3.8, 4) is 0 Å². The topological polar surface area (TPSA) is 36.9 Å². The number of ether oxygens (including phenoxy) is 1. The van der Waals surface area contributed by atoms with E-state index in [0.29, 0.717) is 0 Å². The summed E-state index contributed by atoms with van der Waals surface area (Å²) in [5.41, 5.74) is 0. The molecule has 0 aliphatic carbocycles. The van der Waals surface area contributed by atoms with Crippen LogP contribution < -0.4 is 5.32 Å². The maximum Gasteiger partial charge on any atom is 0.193 e. The van der Waals surface area contributed by atoms with Crippen LogP contribution in [0.25, 0.3) is 0 Å². The van der Waals surface area contributed by atoms with Crippen LogP contribution in [0.5, 0.6) is 0 Å². The van der Waals surface area contributed by atoms with Crippen molar-refractivity contribution in [3.05, 3.63) is 0 Å². The Kier molecular flexibility index (Phi) is 10.7. The summed E-state index contributed by atoms with van der Waals surface area (Å²) in [5, 5.41) is 3.44. The average molecular weight is 383 g/mol. The van der Waals surface area contributed by atoms with Crippen molar-refractivity contribution < 1.29 is 4.74 Å². The van der Waals surface area contributed by atoms with Crippen LogP contribution in [0, 0.1) is 11.8 Å². The Hall–Kier alpha value is -0.0400.